The first kappa shape index (κ1) is 13.4. The van der Waals surface area contributed by atoms with Gasteiger partial charge in [0.1, 0.15) is 11.5 Å². The first-order chi connectivity index (χ1) is 9.02. The van der Waals surface area contributed by atoms with Crippen molar-refractivity contribution < 1.29 is 23.0 Å². The lowest BCUT2D eigenvalue weighted by Gasteiger charge is -2.14. The highest BCUT2D eigenvalue weighted by molar-refractivity contribution is 5.41. The van der Waals surface area contributed by atoms with Crippen LogP contribution in [0.3, 0.4) is 0 Å². The summed E-state index contributed by atoms with van der Waals surface area (Å²) in [5.41, 5.74) is -0.546. The van der Waals surface area contributed by atoms with Gasteiger partial charge in [-0.05, 0) is 18.2 Å². The number of benzene rings is 1. The van der Waals surface area contributed by atoms with Gasteiger partial charge in [-0.2, -0.15) is 13.2 Å². The molecule has 0 aliphatic rings. The van der Waals surface area contributed by atoms with Crippen LogP contribution in [0.1, 0.15) is 11.1 Å². The molecule has 0 spiro atoms. The van der Waals surface area contributed by atoms with Crippen LogP contribution in [0, 0.1) is 0 Å². The second-order valence-electron chi connectivity index (χ2n) is 3.74. The van der Waals surface area contributed by atoms with Gasteiger partial charge in [0, 0.05) is 18.0 Å². The smallest absolute Gasteiger partial charge is 0.419 e. The molecule has 0 saturated heterocycles. The molecule has 19 heavy (non-hydrogen) atoms. The number of hydrogen-bond acceptors (Lipinski definition) is 3. The number of ether oxygens (including phenoxy) is 1. The van der Waals surface area contributed by atoms with E-state index in [1.165, 1.54) is 36.7 Å². The Morgan fingerprint density at radius 2 is 1.84 bits per heavy atom. The Bertz CT molecular complexity index is 570. The Morgan fingerprint density at radius 3 is 2.53 bits per heavy atom. The van der Waals surface area contributed by atoms with Crippen molar-refractivity contribution in [3.63, 3.8) is 0 Å². The van der Waals surface area contributed by atoms with Gasteiger partial charge in [0.15, 0.2) is 0 Å². The molecule has 100 valence electrons. The third kappa shape index (κ3) is 3.03. The van der Waals surface area contributed by atoms with Crippen LogP contribution in [0.15, 0.2) is 42.7 Å². The standard InChI is InChI=1S/C13H10F3NO2/c14-13(15,16)10-3-1-2-4-12(10)19-11-5-6-17-7-9(11)8-18/h1-7,18H,8H2. The monoisotopic (exact) mass is 269 g/mol. The summed E-state index contributed by atoms with van der Waals surface area (Å²) in [6.45, 7) is -0.364. The summed E-state index contributed by atoms with van der Waals surface area (Å²) in [6, 6.07) is 6.30. The number of aliphatic hydroxyl groups is 1. The van der Waals surface area contributed by atoms with Gasteiger partial charge in [-0.25, -0.2) is 0 Å². The zero-order valence-electron chi connectivity index (χ0n) is 9.69. The Hall–Kier alpha value is -2.08. The van der Waals surface area contributed by atoms with Gasteiger partial charge in [-0.3, -0.25) is 4.98 Å². The lowest BCUT2D eigenvalue weighted by Crippen LogP contribution is -2.07. The summed E-state index contributed by atoms with van der Waals surface area (Å²) >= 11 is 0. The predicted molar refractivity (Wildman–Crippen MR) is 61.7 cm³/mol. The predicted octanol–water partition coefficient (Wildman–Crippen LogP) is 3.39. The second-order valence-corrected chi connectivity index (χ2v) is 3.74. The minimum Gasteiger partial charge on any atom is -0.456 e. The van der Waals surface area contributed by atoms with Crippen LogP contribution in [-0.2, 0) is 12.8 Å². The van der Waals surface area contributed by atoms with Crippen molar-refractivity contribution in [3.8, 4) is 11.5 Å². The average molecular weight is 269 g/mol. The number of halogens is 3. The number of aromatic nitrogens is 1. The van der Waals surface area contributed by atoms with E-state index < -0.39 is 11.7 Å². The van der Waals surface area contributed by atoms with E-state index in [4.69, 9.17) is 9.84 Å². The van der Waals surface area contributed by atoms with Crippen molar-refractivity contribution in [2.75, 3.05) is 0 Å². The van der Waals surface area contributed by atoms with E-state index in [0.29, 0.717) is 5.56 Å². The Kier molecular flexibility index (Phi) is 3.71. The molecule has 1 N–H and O–H groups in total. The number of alkyl halides is 3. The number of rotatable bonds is 3. The molecule has 6 heteroatoms. The highest BCUT2D eigenvalue weighted by atomic mass is 19.4. The minimum absolute atomic E-state index is 0.147. The SMILES string of the molecule is OCc1cnccc1Oc1ccccc1C(F)(F)F. The first-order valence-electron chi connectivity index (χ1n) is 5.40. The third-order valence-electron chi connectivity index (χ3n) is 2.44. The molecule has 0 radical (unpaired) electrons. The fourth-order valence-corrected chi connectivity index (χ4v) is 1.54. The minimum atomic E-state index is -4.50. The largest absolute Gasteiger partial charge is 0.456 e. The van der Waals surface area contributed by atoms with Gasteiger partial charge < -0.3 is 9.84 Å². The van der Waals surface area contributed by atoms with Crippen molar-refractivity contribution in [1.29, 1.82) is 0 Å². The summed E-state index contributed by atoms with van der Waals surface area (Å²) in [5, 5.41) is 9.08. The van der Waals surface area contributed by atoms with Gasteiger partial charge in [-0.15, -0.1) is 0 Å². The number of hydrogen-bond donors (Lipinski definition) is 1. The molecule has 0 amide bonds. The molecule has 1 aromatic carbocycles. The molecular formula is C13H10F3NO2. The normalized spacial score (nSPS) is 11.4. The van der Waals surface area contributed by atoms with Crippen LogP contribution in [0.2, 0.25) is 0 Å². The maximum absolute atomic E-state index is 12.8. The second kappa shape index (κ2) is 5.27. The van der Waals surface area contributed by atoms with E-state index in [0.717, 1.165) is 6.07 Å². The molecule has 0 aliphatic carbocycles. The van der Waals surface area contributed by atoms with Gasteiger partial charge in [0.05, 0.1) is 12.2 Å². The van der Waals surface area contributed by atoms with Crippen molar-refractivity contribution in [2.24, 2.45) is 0 Å². The van der Waals surface area contributed by atoms with Crippen LogP contribution in [0.25, 0.3) is 0 Å². The summed E-state index contributed by atoms with van der Waals surface area (Å²) in [4.78, 5) is 3.77. The van der Waals surface area contributed by atoms with Crippen LogP contribution in [-0.4, -0.2) is 10.1 Å². The molecule has 0 fully saturated rings. The first-order valence-corrected chi connectivity index (χ1v) is 5.40. The zero-order valence-corrected chi connectivity index (χ0v) is 9.69. The zero-order chi connectivity index (χ0) is 13.9. The molecule has 2 aromatic rings. The summed E-state index contributed by atoms with van der Waals surface area (Å²) in [6.07, 6.45) is -1.78. The number of pyridine rings is 1. The van der Waals surface area contributed by atoms with Gasteiger partial charge in [-0.1, -0.05) is 12.1 Å². The molecule has 0 saturated carbocycles. The molecule has 3 nitrogen and oxygen atoms in total. The summed E-state index contributed by atoms with van der Waals surface area (Å²) in [7, 11) is 0. The molecule has 0 atom stereocenters. The molecule has 0 aliphatic heterocycles. The molecular weight excluding hydrogens is 259 g/mol. The van der Waals surface area contributed by atoms with Crippen LogP contribution < -0.4 is 4.74 Å². The fourth-order valence-electron chi connectivity index (χ4n) is 1.54. The number of para-hydroxylation sites is 1. The van der Waals surface area contributed by atoms with Gasteiger partial charge in [0.25, 0.3) is 0 Å². The third-order valence-corrected chi connectivity index (χ3v) is 2.44. The maximum atomic E-state index is 12.8. The average Bonchev–Trinajstić information content (AvgIpc) is 2.39. The van der Waals surface area contributed by atoms with Crippen molar-refractivity contribution in [2.45, 2.75) is 12.8 Å². The van der Waals surface area contributed by atoms with E-state index >= 15 is 0 Å². The molecule has 2 rings (SSSR count). The fraction of sp³-hybridized carbons (Fsp3) is 0.154. The van der Waals surface area contributed by atoms with Crippen LogP contribution in [0.4, 0.5) is 13.2 Å². The highest BCUT2D eigenvalue weighted by Gasteiger charge is 2.34. The lowest BCUT2D eigenvalue weighted by atomic mass is 10.2. The van der Waals surface area contributed by atoms with Gasteiger partial charge >= 0.3 is 6.18 Å². The molecule has 1 heterocycles. The summed E-state index contributed by atoms with van der Waals surface area (Å²) < 4.78 is 43.6. The Balaban J connectivity index is 2.39. The number of nitrogens with zero attached hydrogens (tertiary/aromatic N) is 1. The molecule has 1 aromatic heterocycles. The van der Waals surface area contributed by atoms with Crippen LogP contribution >= 0.6 is 0 Å². The topological polar surface area (TPSA) is 42.4 Å². The molecule has 0 bridgehead atoms. The van der Waals surface area contributed by atoms with Crippen LogP contribution in [0.5, 0.6) is 11.5 Å². The Labute approximate surface area is 107 Å². The Morgan fingerprint density at radius 1 is 1.11 bits per heavy atom. The summed E-state index contributed by atoms with van der Waals surface area (Å²) in [5.74, 6) is -0.162. The lowest BCUT2D eigenvalue weighted by molar-refractivity contribution is -0.138. The van der Waals surface area contributed by atoms with Gasteiger partial charge in [0.2, 0.25) is 0 Å². The molecule has 0 unspecified atom stereocenters. The van der Waals surface area contributed by atoms with Crippen molar-refractivity contribution in [3.05, 3.63) is 53.9 Å². The van der Waals surface area contributed by atoms with E-state index in [-0.39, 0.29) is 18.1 Å². The van der Waals surface area contributed by atoms with Crippen molar-refractivity contribution in [1.82, 2.24) is 4.98 Å². The van der Waals surface area contributed by atoms with Crippen molar-refractivity contribution >= 4 is 0 Å². The van der Waals surface area contributed by atoms with E-state index in [1.807, 2.05) is 0 Å². The number of aliphatic hydroxyl groups excluding tert-OH is 1. The quantitative estimate of drug-likeness (QED) is 0.928. The highest BCUT2D eigenvalue weighted by Crippen LogP contribution is 2.38. The van der Waals surface area contributed by atoms with E-state index in [2.05, 4.69) is 4.98 Å². The maximum Gasteiger partial charge on any atom is 0.419 e. The van der Waals surface area contributed by atoms with E-state index in [1.54, 1.807) is 0 Å². The van der Waals surface area contributed by atoms with E-state index in [9.17, 15) is 13.2 Å².